The third kappa shape index (κ3) is 2.97. The van der Waals surface area contributed by atoms with E-state index in [9.17, 15) is 4.79 Å². The number of piperidine rings is 1. The van der Waals surface area contributed by atoms with Gasteiger partial charge in [-0.05, 0) is 51.9 Å². The molecule has 21 heavy (non-hydrogen) atoms. The summed E-state index contributed by atoms with van der Waals surface area (Å²) in [4.78, 5) is 14.1. The fraction of sp³-hybridized carbons (Fsp3) is 0.562. The van der Waals surface area contributed by atoms with Gasteiger partial charge in [-0.15, -0.1) is 0 Å². The van der Waals surface area contributed by atoms with Crippen molar-refractivity contribution >= 4 is 17.3 Å². The quantitative estimate of drug-likeness (QED) is 0.877. The van der Waals surface area contributed by atoms with Crippen LogP contribution in [0.1, 0.15) is 26.7 Å². The zero-order valence-corrected chi connectivity index (χ0v) is 12.8. The molecule has 2 N–H and O–H groups in total. The number of rotatable bonds is 2. The Morgan fingerprint density at radius 2 is 2.19 bits per heavy atom. The molecule has 0 saturated carbocycles. The molecule has 1 aromatic carbocycles. The summed E-state index contributed by atoms with van der Waals surface area (Å²) in [6, 6.07) is 6.98. The largest absolute Gasteiger partial charge is 0.479 e. The van der Waals surface area contributed by atoms with Crippen molar-refractivity contribution in [3.63, 3.8) is 0 Å². The van der Waals surface area contributed by atoms with Gasteiger partial charge in [0.1, 0.15) is 5.75 Å². The molecule has 114 valence electrons. The Balaban J connectivity index is 1.70. The summed E-state index contributed by atoms with van der Waals surface area (Å²) < 4.78 is 5.57. The topological polar surface area (TPSA) is 53.6 Å². The molecule has 2 aliphatic heterocycles. The van der Waals surface area contributed by atoms with Crippen LogP contribution in [0.3, 0.4) is 0 Å². The monoisotopic (exact) mass is 289 g/mol. The summed E-state index contributed by atoms with van der Waals surface area (Å²) in [6.45, 7) is 5.13. The zero-order valence-electron chi connectivity index (χ0n) is 12.8. The second-order valence-electron chi connectivity index (χ2n) is 6.16. The maximum atomic E-state index is 11.7. The highest BCUT2D eigenvalue weighted by Gasteiger charge is 2.25. The summed E-state index contributed by atoms with van der Waals surface area (Å²) >= 11 is 0. The summed E-state index contributed by atoms with van der Waals surface area (Å²) in [6.07, 6.45) is 1.84. The van der Waals surface area contributed by atoms with Gasteiger partial charge in [-0.2, -0.15) is 0 Å². The second-order valence-corrected chi connectivity index (χ2v) is 6.16. The van der Waals surface area contributed by atoms with E-state index in [-0.39, 0.29) is 5.91 Å². The summed E-state index contributed by atoms with van der Waals surface area (Å²) in [5.74, 6) is 0.650. The lowest BCUT2D eigenvalue weighted by atomic mass is 9.98. The van der Waals surface area contributed by atoms with Crippen molar-refractivity contribution < 1.29 is 9.53 Å². The minimum absolute atomic E-state index is 0.0902. The number of amides is 1. The van der Waals surface area contributed by atoms with Crippen molar-refractivity contribution in [3.8, 4) is 5.75 Å². The Kier molecular flexibility index (Phi) is 3.76. The Morgan fingerprint density at radius 1 is 1.38 bits per heavy atom. The maximum absolute atomic E-state index is 11.7. The summed E-state index contributed by atoms with van der Waals surface area (Å²) in [5.41, 5.74) is 1.79. The van der Waals surface area contributed by atoms with Crippen molar-refractivity contribution in [1.82, 2.24) is 4.90 Å². The number of fused-ring (bicyclic) bond motifs is 1. The molecule has 3 rings (SSSR count). The van der Waals surface area contributed by atoms with Crippen molar-refractivity contribution in [2.75, 3.05) is 24.2 Å². The molecule has 5 nitrogen and oxygen atoms in total. The molecular weight excluding hydrogens is 266 g/mol. The van der Waals surface area contributed by atoms with Gasteiger partial charge < -0.3 is 20.3 Å². The lowest BCUT2D eigenvalue weighted by molar-refractivity contribution is -0.122. The van der Waals surface area contributed by atoms with Crippen molar-refractivity contribution in [2.24, 2.45) is 0 Å². The van der Waals surface area contributed by atoms with Crippen LogP contribution in [-0.4, -0.2) is 42.6 Å². The molecule has 1 fully saturated rings. The first-order valence-corrected chi connectivity index (χ1v) is 7.61. The van der Waals surface area contributed by atoms with E-state index in [1.54, 1.807) is 6.92 Å². The predicted molar refractivity (Wildman–Crippen MR) is 83.9 cm³/mol. The fourth-order valence-corrected chi connectivity index (χ4v) is 2.95. The maximum Gasteiger partial charge on any atom is 0.265 e. The van der Waals surface area contributed by atoms with Crippen LogP contribution >= 0.6 is 0 Å². The molecule has 2 heterocycles. The first kappa shape index (κ1) is 14.2. The highest BCUT2D eigenvalue weighted by molar-refractivity contribution is 5.98. The molecule has 5 heteroatoms. The Morgan fingerprint density at radius 3 is 2.95 bits per heavy atom. The molecular formula is C16H23N3O2. The number of anilines is 2. The number of nitrogens with one attached hydrogen (secondary N) is 2. The van der Waals surface area contributed by atoms with Crippen molar-refractivity contribution in [3.05, 3.63) is 18.2 Å². The molecule has 1 amide bonds. The van der Waals surface area contributed by atoms with Gasteiger partial charge in [-0.25, -0.2) is 0 Å². The van der Waals surface area contributed by atoms with Crippen LogP contribution in [0, 0.1) is 0 Å². The van der Waals surface area contributed by atoms with E-state index < -0.39 is 6.10 Å². The lowest BCUT2D eigenvalue weighted by Gasteiger charge is -2.36. The number of hydrogen-bond acceptors (Lipinski definition) is 4. The lowest BCUT2D eigenvalue weighted by Crippen LogP contribution is -2.42. The SMILES string of the molecule is CC1Oc2ccc(NC3CCN(C)C(C)C3)cc2NC1=O. The van der Waals surface area contributed by atoms with Crippen LogP contribution in [0.5, 0.6) is 5.75 Å². The molecule has 1 saturated heterocycles. The summed E-state index contributed by atoms with van der Waals surface area (Å²) in [5, 5.41) is 6.47. The molecule has 0 bridgehead atoms. The normalized spacial score (nSPS) is 29.3. The van der Waals surface area contributed by atoms with Gasteiger partial charge >= 0.3 is 0 Å². The number of ether oxygens (including phenoxy) is 1. The Hall–Kier alpha value is -1.75. The van der Waals surface area contributed by atoms with Gasteiger partial charge in [0.05, 0.1) is 5.69 Å². The number of nitrogens with zero attached hydrogens (tertiary/aromatic N) is 1. The minimum Gasteiger partial charge on any atom is -0.479 e. The first-order chi connectivity index (χ1) is 10.0. The van der Waals surface area contributed by atoms with Gasteiger partial charge in [-0.3, -0.25) is 4.79 Å². The smallest absolute Gasteiger partial charge is 0.265 e. The van der Waals surface area contributed by atoms with E-state index >= 15 is 0 Å². The predicted octanol–water partition coefficient (Wildman–Crippen LogP) is 2.30. The highest BCUT2D eigenvalue weighted by atomic mass is 16.5. The molecule has 0 radical (unpaired) electrons. The van der Waals surface area contributed by atoms with Gasteiger partial charge in [0.25, 0.3) is 5.91 Å². The average molecular weight is 289 g/mol. The standard InChI is InChI=1S/C16H23N3O2/c1-10-8-13(6-7-19(10)3)17-12-4-5-15-14(9-12)18-16(20)11(2)21-15/h4-5,9-11,13,17H,6-8H2,1-3H3,(H,18,20). The molecule has 2 aliphatic rings. The fourth-order valence-electron chi connectivity index (χ4n) is 2.95. The molecule has 3 atom stereocenters. The number of carbonyl (C=O) groups is 1. The number of likely N-dealkylation sites (tertiary alicyclic amines) is 1. The Labute approximate surface area is 125 Å². The van der Waals surface area contributed by atoms with E-state index in [0.717, 1.165) is 36.5 Å². The van der Waals surface area contributed by atoms with E-state index in [2.05, 4.69) is 29.5 Å². The van der Waals surface area contributed by atoms with Crippen LogP contribution in [0.15, 0.2) is 18.2 Å². The average Bonchev–Trinajstić information content (AvgIpc) is 2.44. The van der Waals surface area contributed by atoms with Gasteiger partial charge in [-0.1, -0.05) is 0 Å². The molecule has 3 unspecified atom stereocenters. The van der Waals surface area contributed by atoms with Crippen molar-refractivity contribution in [2.45, 2.75) is 44.9 Å². The molecule has 0 aromatic heterocycles. The van der Waals surface area contributed by atoms with Gasteiger partial charge in [0, 0.05) is 24.3 Å². The van der Waals surface area contributed by atoms with Crippen molar-refractivity contribution in [1.29, 1.82) is 0 Å². The second kappa shape index (κ2) is 5.56. The number of benzene rings is 1. The zero-order chi connectivity index (χ0) is 15.0. The highest BCUT2D eigenvalue weighted by Crippen LogP contribution is 2.33. The van der Waals surface area contributed by atoms with E-state index in [1.165, 1.54) is 0 Å². The van der Waals surface area contributed by atoms with E-state index in [1.807, 2.05) is 18.2 Å². The third-order valence-electron chi connectivity index (χ3n) is 4.49. The van der Waals surface area contributed by atoms with E-state index in [0.29, 0.717) is 12.1 Å². The van der Waals surface area contributed by atoms with Crippen LogP contribution in [0.2, 0.25) is 0 Å². The molecule has 0 aliphatic carbocycles. The third-order valence-corrected chi connectivity index (χ3v) is 4.49. The Bertz CT molecular complexity index is 546. The van der Waals surface area contributed by atoms with Crippen LogP contribution in [0.4, 0.5) is 11.4 Å². The number of carbonyl (C=O) groups excluding carboxylic acids is 1. The van der Waals surface area contributed by atoms with Crippen LogP contribution in [-0.2, 0) is 4.79 Å². The summed E-state index contributed by atoms with van der Waals surface area (Å²) in [7, 11) is 2.17. The molecule has 0 spiro atoms. The number of hydrogen-bond donors (Lipinski definition) is 2. The van der Waals surface area contributed by atoms with Crippen LogP contribution in [0.25, 0.3) is 0 Å². The molecule has 1 aromatic rings. The van der Waals surface area contributed by atoms with Crippen LogP contribution < -0.4 is 15.4 Å². The van der Waals surface area contributed by atoms with Gasteiger partial charge in [0.15, 0.2) is 6.10 Å². The first-order valence-electron chi connectivity index (χ1n) is 7.61. The van der Waals surface area contributed by atoms with Gasteiger partial charge in [0.2, 0.25) is 0 Å². The minimum atomic E-state index is -0.425. The van der Waals surface area contributed by atoms with E-state index in [4.69, 9.17) is 4.74 Å².